The largest absolute Gasteiger partial charge is 0.352 e. The van der Waals surface area contributed by atoms with E-state index >= 15 is 0 Å². The zero-order chi connectivity index (χ0) is 16.4. The van der Waals surface area contributed by atoms with E-state index in [1.165, 1.54) is 0 Å². The molecule has 0 bridgehead atoms. The molecule has 1 aliphatic rings. The maximum Gasteiger partial charge on any atom is 0.193 e. The summed E-state index contributed by atoms with van der Waals surface area (Å²) in [6.07, 6.45) is 0. The number of nitrogens with one attached hydrogen (secondary N) is 1. The molecule has 0 unspecified atom stereocenters. The molecule has 1 heterocycles. The second-order valence-electron chi connectivity index (χ2n) is 6.03. The van der Waals surface area contributed by atoms with Crippen molar-refractivity contribution in [1.82, 2.24) is 10.2 Å². The van der Waals surface area contributed by atoms with Gasteiger partial charge in [0.25, 0.3) is 0 Å². The van der Waals surface area contributed by atoms with Crippen LogP contribution in [0.15, 0.2) is 29.3 Å². The van der Waals surface area contributed by atoms with Gasteiger partial charge in [0.1, 0.15) is 0 Å². The molecule has 122 valence electrons. The third kappa shape index (κ3) is 3.73. The summed E-state index contributed by atoms with van der Waals surface area (Å²) in [5, 5.41) is 3.98. The Labute approximate surface area is 137 Å². The van der Waals surface area contributed by atoms with Gasteiger partial charge in [-0.1, -0.05) is 23.7 Å². The number of guanidine groups is 1. The van der Waals surface area contributed by atoms with E-state index in [-0.39, 0.29) is 5.75 Å². The van der Waals surface area contributed by atoms with E-state index in [1.807, 2.05) is 29.2 Å². The van der Waals surface area contributed by atoms with Crippen molar-refractivity contribution in [3.63, 3.8) is 0 Å². The van der Waals surface area contributed by atoms with Gasteiger partial charge in [0, 0.05) is 31.7 Å². The Morgan fingerprint density at radius 3 is 2.55 bits per heavy atom. The van der Waals surface area contributed by atoms with E-state index in [2.05, 4.69) is 10.3 Å². The van der Waals surface area contributed by atoms with Crippen molar-refractivity contribution in [2.75, 3.05) is 25.9 Å². The van der Waals surface area contributed by atoms with Crippen LogP contribution in [0.2, 0.25) is 5.02 Å². The summed E-state index contributed by atoms with van der Waals surface area (Å²) < 4.78 is 23.4. The third-order valence-electron chi connectivity index (χ3n) is 3.92. The van der Waals surface area contributed by atoms with Crippen LogP contribution in [0.3, 0.4) is 0 Å². The fourth-order valence-corrected chi connectivity index (χ4v) is 3.93. The molecule has 0 aromatic heterocycles. The number of sulfone groups is 1. The van der Waals surface area contributed by atoms with Gasteiger partial charge in [0.05, 0.1) is 10.5 Å². The first-order chi connectivity index (χ1) is 10.2. The number of benzene rings is 1. The molecule has 1 aliphatic heterocycles. The molecule has 2 rings (SSSR count). The van der Waals surface area contributed by atoms with Crippen LogP contribution in [0.25, 0.3) is 0 Å². The predicted molar refractivity (Wildman–Crippen MR) is 91.1 cm³/mol. The quantitative estimate of drug-likeness (QED) is 0.658. The third-order valence-corrected chi connectivity index (χ3v) is 6.70. The predicted octanol–water partition coefficient (Wildman–Crippen LogP) is 1.92. The lowest BCUT2D eigenvalue weighted by Gasteiger charge is -2.39. The SMILES string of the molecule is CN=C(NCc1ccc(Cl)cc1)N1CCS(=O)(=O)C(C)(C)C1. The van der Waals surface area contributed by atoms with Gasteiger partial charge in [-0.25, -0.2) is 8.42 Å². The average Bonchev–Trinajstić information content (AvgIpc) is 2.45. The fourth-order valence-electron chi connectivity index (χ4n) is 2.44. The molecule has 1 aromatic rings. The number of hydrogen-bond donors (Lipinski definition) is 1. The molecule has 1 aromatic carbocycles. The summed E-state index contributed by atoms with van der Waals surface area (Å²) in [4.78, 5) is 6.27. The van der Waals surface area contributed by atoms with Gasteiger partial charge in [-0.05, 0) is 31.5 Å². The Bertz CT molecular complexity index is 654. The highest BCUT2D eigenvalue weighted by Crippen LogP contribution is 2.23. The molecule has 22 heavy (non-hydrogen) atoms. The molecule has 1 N–H and O–H groups in total. The lowest BCUT2D eigenvalue weighted by Crippen LogP contribution is -2.57. The molecule has 0 amide bonds. The van der Waals surface area contributed by atoms with Crippen LogP contribution >= 0.6 is 11.6 Å². The first-order valence-corrected chi connectivity index (χ1v) is 9.20. The van der Waals surface area contributed by atoms with Crippen LogP contribution in [0, 0.1) is 0 Å². The molecule has 0 spiro atoms. The molecule has 1 fully saturated rings. The van der Waals surface area contributed by atoms with Crippen LogP contribution in [-0.4, -0.2) is 49.9 Å². The van der Waals surface area contributed by atoms with Crippen molar-refractivity contribution < 1.29 is 8.42 Å². The summed E-state index contributed by atoms with van der Waals surface area (Å²) in [7, 11) is -1.34. The summed E-state index contributed by atoms with van der Waals surface area (Å²) in [5.74, 6) is 0.875. The highest BCUT2D eigenvalue weighted by atomic mass is 35.5. The van der Waals surface area contributed by atoms with Crippen molar-refractivity contribution in [3.8, 4) is 0 Å². The molecule has 5 nitrogen and oxygen atoms in total. The van der Waals surface area contributed by atoms with Crippen molar-refractivity contribution in [1.29, 1.82) is 0 Å². The summed E-state index contributed by atoms with van der Waals surface area (Å²) in [6.45, 7) is 5.05. The Morgan fingerprint density at radius 2 is 2.00 bits per heavy atom. The summed E-state index contributed by atoms with van der Waals surface area (Å²) >= 11 is 5.87. The minimum Gasteiger partial charge on any atom is -0.352 e. The van der Waals surface area contributed by atoms with Gasteiger partial charge in [-0.3, -0.25) is 4.99 Å². The zero-order valence-electron chi connectivity index (χ0n) is 13.1. The van der Waals surface area contributed by atoms with Crippen LogP contribution in [0.4, 0.5) is 0 Å². The van der Waals surface area contributed by atoms with Gasteiger partial charge in [-0.15, -0.1) is 0 Å². The van der Waals surface area contributed by atoms with E-state index < -0.39 is 14.6 Å². The lowest BCUT2D eigenvalue weighted by molar-refractivity contribution is 0.353. The average molecular weight is 344 g/mol. The van der Waals surface area contributed by atoms with E-state index in [1.54, 1.807) is 20.9 Å². The lowest BCUT2D eigenvalue weighted by atomic mass is 10.2. The zero-order valence-corrected chi connectivity index (χ0v) is 14.7. The van der Waals surface area contributed by atoms with E-state index in [4.69, 9.17) is 11.6 Å². The van der Waals surface area contributed by atoms with E-state index in [0.717, 1.165) is 11.5 Å². The van der Waals surface area contributed by atoms with Crippen molar-refractivity contribution >= 4 is 27.4 Å². The Hall–Kier alpha value is -1.27. The number of rotatable bonds is 2. The minimum absolute atomic E-state index is 0.154. The molecule has 0 atom stereocenters. The first-order valence-electron chi connectivity index (χ1n) is 7.17. The molecule has 0 aliphatic carbocycles. The summed E-state index contributed by atoms with van der Waals surface area (Å²) in [6, 6.07) is 7.59. The molecule has 7 heteroatoms. The second-order valence-corrected chi connectivity index (χ2v) is 9.21. The van der Waals surface area contributed by atoms with Crippen LogP contribution in [0.5, 0.6) is 0 Å². The second kappa shape index (κ2) is 6.46. The molecular formula is C15H22ClN3O2S. The Balaban J connectivity index is 2.02. The number of hydrogen-bond acceptors (Lipinski definition) is 3. The van der Waals surface area contributed by atoms with Gasteiger partial charge < -0.3 is 10.2 Å². The topological polar surface area (TPSA) is 61.8 Å². The maximum atomic E-state index is 12.1. The number of halogens is 1. The van der Waals surface area contributed by atoms with Crippen molar-refractivity contribution in [3.05, 3.63) is 34.9 Å². The number of aliphatic imine (C=N–C) groups is 1. The molecular weight excluding hydrogens is 322 g/mol. The number of nitrogens with zero attached hydrogens (tertiary/aromatic N) is 2. The van der Waals surface area contributed by atoms with E-state index in [9.17, 15) is 8.42 Å². The van der Waals surface area contributed by atoms with Crippen molar-refractivity contribution in [2.45, 2.75) is 25.1 Å². The minimum atomic E-state index is -3.05. The monoisotopic (exact) mass is 343 g/mol. The van der Waals surface area contributed by atoms with Gasteiger partial charge >= 0.3 is 0 Å². The first kappa shape index (κ1) is 17.1. The Morgan fingerprint density at radius 1 is 1.36 bits per heavy atom. The van der Waals surface area contributed by atoms with Gasteiger partial charge in [0.2, 0.25) is 0 Å². The summed E-state index contributed by atoms with van der Waals surface area (Å²) in [5.41, 5.74) is 1.09. The van der Waals surface area contributed by atoms with Crippen LogP contribution < -0.4 is 5.32 Å². The van der Waals surface area contributed by atoms with Crippen LogP contribution in [0.1, 0.15) is 19.4 Å². The standard InChI is InChI=1S/C15H22ClN3O2S/c1-15(2)11-19(8-9-22(15,20)21)14(17-3)18-10-12-4-6-13(16)7-5-12/h4-7H,8-11H2,1-3H3,(H,17,18). The van der Waals surface area contributed by atoms with Gasteiger partial charge in [0.15, 0.2) is 15.8 Å². The molecule has 1 saturated heterocycles. The highest BCUT2D eigenvalue weighted by molar-refractivity contribution is 7.92. The van der Waals surface area contributed by atoms with Crippen molar-refractivity contribution in [2.24, 2.45) is 4.99 Å². The van der Waals surface area contributed by atoms with E-state index in [0.29, 0.717) is 24.7 Å². The fraction of sp³-hybridized carbons (Fsp3) is 0.533. The maximum absolute atomic E-state index is 12.1. The highest BCUT2D eigenvalue weighted by Gasteiger charge is 2.40. The normalized spacial score (nSPS) is 20.7. The molecule has 0 saturated carbocycles. The smallest absolute Gasteiger partial charge is 0.193 e. The van der Waals surface area contributed by atoms with Gasteiger partial charge in [-0.2, -0.15) is 0 Å². The Kier molecular flexibility index (Phi) is 5.02. The molecule has 0 radical (unpaired) electrons. The van der Waals surface area contributed by atoms with Crippen LogP contribution in [-0.2, 0) is 16.4 Å².